The van der Waals surface area contributed by atoms with Crippen LogP contribution in [0, 0.1) is 11.6 Å². The number of hydrogen-bond acceptors (Lipinski definition) is 5. The first-order chi connectivity index (χ1) is 15.2. The van der Waals surface area contributed by atoms with E-state index < -0.39 is 35.3 Å². The zero-order chi connectivity index (χ0) is 22.8. The summed E-state index contributed by atoms with van der Waals surface area (Å²) in [5, 5.41) is 25.3. The first kappa shape index (κ1) is 20.1. The van der Waals surface area contributed by atoms with Crippen LogP contribution in [0.15, 0.2) is 48.8 Å². The van der Waals surface area contributed by atoms with Gasteiger partial charge in [-0.05, 0) is 47.5 Å². The first-order valence-electron chi connectivity index (χ1n) is 9.61. The standard InChI is InChI=1S/C22H15BF2N4O3/c1-28-9-14-12(4-5-18(30)19(14)27-28)11-7-16(24)15(17(25)8-11)10-29-21(31)13-3-2-6-26-20(13)22(29,23)32/h2-9,30,32H,10H2,1H3. The van der Waals surface area contributed by atoms with Crippen LogP contribution in [-0.4, -0.2) is 43.6 Å². The summed E-state index contributed by atoms with van der Waals surface area (Å²) in [4.78, 5) is 17.4. The van der Waals surface area contributed by atoms with Crippen molar-refractivity contribution in [1.82, 2.24) is 19.7 Å². The van der Waals surface area contributed by atoms with Crippen molar-refractivity contribution in [2.75, 3.05) is 0 Å². The van der Waals surface area contributed by atoms with Crippen LogP contribution in [0.25, 0.3) is 22.0 Å². The van der Waals surface area contributed by atoms with Crippen LogP contribution >= 0.6 is 0 Å². The minimum absolute atomic E-state index is 0.0510. The highest BCUT2D eigenvalue weighted by Gasteiger charge is 2.46. The van der Waals surface area contributed by atoms with Gasteiger partial charge in [0, 0.05) is 30.4 Å². The Morgan fingerprint density at radius 1 is 1.16 bits per heavy atom. The van der Waals surface area contributed by atoms with E-state index in [0.29, 0.717) is 16.5 Å². The van der Waals surface area contributed by atoms with Crippen LogP contribution in [0.2, 0.25) is 0 Å². The Balaban J connectivity index is 1.55. The summed E-state index contributed by atoms with van der Waals surface area (Å²) in [6.07, 6.45) is 3.00. The van der Waals surface area contributed by atoms with Gasteiger partial charge in [0.25, 0.3) is 5.91 Å². The molecule has 158 valence electrons. The van der Waals surface area contributed by atoms with Crippen LogP contribution < -0.4 is 0 Å². The number of carbonyl (C=O) groups excluding carboxylic acids is 1. The zero-order valence-corrected chi connectivity index (χ0v) is 16.8. The molecule has 7 nitrogen and oxygen atoms in total. The summed E-state index contributed by atoms with van der Waals surface area (Å²) >= 11 is 0. The summed E-state index contributed by atoms with van der Waals surface area (Å²) in [5.41, 5.74) is -1.74. The van der Waals surface area contributed by atoms with Gasteiger partial charge in [0.15, 0.2) is 7.85 Å². The van der Waals surface area contributed by atoms with Gasteiger partial charge in [-0.15, -0.1) is 0 Å². The maximum absolute atomic E-state index is 15.1. The van der Waals surface area contributed by atoms with Crippen LogP contribution in [0.4, 0.5) is 8.78 Å². The van der Waals surface area contributed by atoms with Crippen molar-refractivity contribution in [3.05, 3.63) is 77.2 Å². The number of amides is 1. The molecular formula is C22H15BF2N4O3. The second kappa shape index (κ2) is 6.86. The molecule has 0 spiro atoms. The molecule has 10 heteroatoms. The number of aromatic hydroxyl groups is 1. The largest absolute Gasteiger partial charge is 0.506 e. The predicted octanol–water partition coefficient (Wildman–Crippen LogP) is 2.55. The van der Waals surface area contributed by atoms with Gasteiger partial charge in [0.2, 0.25) is 0 Å². The summed E-state index contributed by atoms with van der Waals surface area (Å²) in [6.45, 7) is -0.599. The fourth-order valence-electron chi connectivity index (χ4n) is 4.02. The van der Waals surface area contributed by atoms with Crippen LogP contribution in [-0.2, 0) is 19.2 Å². The topological polar surface area (TPSA) is 91.5 Å². The summed E-state index contributed by atoms with van der Waals surface area (Å²) in [7, 11) is 7.56. The van der Waals surface area contributed by atoms with Gasteiger partial charge in [0.05, 0.1) is 17.8 Å². The molecule has 1 atom stereocenters. The lowest BCUT2D eigenvalue weighted by Gasteiger charge is -2.31. The van der Waals surface area contributed by atoms with Crippen LogP contribution in [0.5, 0.6) is 5.75 Å². The lowest BCUT2D eigenvalue weighted by molar-refractivity contribution is -0.0231. The van der Waals surface area contributed by atoms with E-state index in [4.69, 9.17) is 7.85 Å². The molecule has 2 N–H and O–H groups in total. The van der Waals surface area contributed by atoms with Crippen LogP contribution in [0.3, 0.4) is 0 Å². The summed E-state index contributed by atoms with van der Waals surface area (Å²) < 4.78 is 31.6. The number of aryl methyl sites for hydroxylation is 1. The second-order valence-electron chi connectivity index (χ2n) is 7.63. The van der Waals surface area contributed by atoms with Crippen molar-refractivity contribution in [3.8, 4) is 16.9 Å². The molecule has 1 amide bonds. The SMILES string of the molecule is [B]C1(O)c2ncccc2C(=O)N1Cc1c(F)cc(-c2ccc(O)c3nn(C)cc23)cc1F. The van der Waals surface area contributed by atoms with Crippen molar-refractivity contribution in [3.63, 3.8) is 0 Å². The smallest absolute Gasteiger partial charge is 0.258 e. The number of fused-ring (bicyclic) bond motifs is 2. The van der Waals surface area contributed by atoms with E-state index in [9.17, 15) is 15.0 Å². The summed E-state index contributed by atoms with van der Waals surface area (Å²) in [6, 6.07) is 8.12. The average Bonchev–Trinajstić information content (AvgIpc) is 3.22. The van der Waals surface area contributed by atoms with Gasteiger partial charge in [-0.1, -0.05) is 0 Å². The van der Waals surface area contributed by atoms with Crippen molar-refractivity contribution in [1.29, 1.82) is 0 Å². The van der Waals surface area contributed by atoms with Gasteiger partial charge >= 0.3 is 0 Å². The number of carbonyl (C=O) groups is 1. The first-order valence-corrected chi connectivity index (χ1v) is 9.61. The number of aromatic nitrogens is 3. The van der Waals surface area contributed by atoms with E-state index >= 15 is 8.78 Å². The molecular weight excluding hydrogens is 417 g/mol. The quantitative estimate of drug-likeness (QED) is 0.486. The molecule has 3 heterocycles. The average molecular weight is 432 g/mol. The van der Waals surface area contributed by atoms with Crippen LogP contribution in [0.1, 0.15) is 21.6 Å². The van der Waals surface area contributed by atoms with Gasteiger partial charge in [-0.3, -0.25) is 14.5 Å². The Morgan fingerprint density at radius 2 is 1.88 bits per heavy atom. The fourth-order valence-corrected chi connectivity index (χ4v) is 4.02. The number of phenols is 1. The molecule has 0 saturated carbocycles. The predicted molar refractivity (Wildman–Crippen MR) is 111 cm³/mol. The van der Waals surface area contributed by atoms with E-state index in [1.807, 2.05) is 0 Å². The Hall–Kier alpha value is -3.79. The molecule has 0 aliphatic carbocycles. The zero-order valence-electron chi connectivity index (χ0n) is 16.8. The minimum atomic E-state index is -2.30. The van der Waals surface area contributed by atoms with Crippen molar-refractivity contribution < 1.29 is 23.8 Å². The van der Waals surface area contributed by atoms with E-state index in [1.165, 1.54) is 35.1 Å². The Morgan fingerprint density at radius 3 is 2.56 bits per heavy atom. The van der Waals surface area contributed by atoms with Crippen molar-refractivity contribution in [2.24, 2.45) is 7.05 Å². The Bertz CT molecular complexity index is 1400. The molecule has 2 aromatic carbocycles. The molecule has 2 aromatic heterocycles. The van der Waals surface area contributed by atoms with Gasteiger partial charge < -0.3 is 15.1 Å². The van der Waals surface area contributed by atoms with E-state index in [2.05, 4.69) is 10.1 Å². The molecule has 2 radical (unpaired) electrons. The van der Waals surface area contributed by atoms with Gasteiger partial charge in [0.1, 0.15) is 28.5 Å². The molecule has 1 unspecified atom stereocenters. The van der Waals surface area contributed by atoms with Crippen molar-refractivity contribution in [2.45, 2.75) is 12.2 Å². The highest BCUT2D eigenvalue weighted by Crippen LogP contribution is 2.37. The highest BCUT2D eigenvalue weighted by molar-refractivity contribution is 6.19. The van der Waals surface area contributed by atoms with Gasteiger partial charge in [-0.25, -0.2) is 8.78 Å². The van der Waals surface area contributed by atoms with E-state index in [0.717, 1.165) is 17.0 Å². The second-order valence-corrected chi connectivity index (χ2v) is 7.63. The van der Waals surface area contributed by atoms with E-state index in [1.54, 1.807) is 13.2 Å². The monoisotopic (exact) mass is 432 g/mol. The molecule has 5 rings (SSSR count). The number of hydrogen-bond donors (Lipinski definition) is 2. The third-order valence-corrected chi connectivity index (χ3v) is 5.58. The highest BCUT2D eigenvalue weighted by atomic mass is 19.1. The maximum atomic E-state index is 15.1. The number of rotatable bonds is 3. The molecule has 0 saturated heterocycles. The Kier molecular flexibility index (Phi) is 4.32. The Labute approximate surface area is 182 Å². The number of halogens is 2. The molecule has 4 aromatic rings. The number of phenolic OH excluding ortho intramolecular Hbond substituents is 1. The number of pyridine rings is 1. The molecule has 32 heavy (non-hydrogen) atoms. The lowest BCUT2D eigenvalue weighted by atomic mass is 9.87. The third kappa shape index (κ3) is 2.87. The molecule has 0 bridgehead atoms. The number of benzene rings is 2. The molecule has 1 aliphatic rings. The lowest BCUT2D eigenvalue weighted by Crippen LogP contribution is -2.44. The van der Waals surface area contributed by atoms with E-state index in [-0.39, 0.29) is 22.6 Å². The molecule has 1 aliphatic heterocycles. The third-order valence-electron chi connectivity index (χ3n) is 5.58. The number of nitrogens with zero attached hydrogens (tertiary/aromatic N) is 4. The number of aliphatic hydroxyl groups is 1. The normalized spacial score (nSPS) is 17.9. The van der Waals surface area contributed by atoms with Gasteiger partial charge in [-0.2, -0.15) is 5.10 Å². The maximum Gasteiger partial charge on any atom is 0.258 e. The molecule has 0 fully saturated rings. The minimum Gasteiger partial charge on any atom is -0.506 e. The summed E-state index contributed by atoms with van der Waals surface area (Å²) in [5.74, 6) is -2.57. The van der Waals surface area contributed by atoms with Crippen molar-refractivity contribution >= 4 is 24.7 Å². The fraction of sp³-hybridized carbons (Fsp3) is 0.136.